The van der Waals surface area contributed by atoms with Crippen molar-refractivity contribution in [2.45, 2.75) is 56.6 Å². The van der Waals surface area contributed by atoms with Crippen molar-refractivity contribution < 1.29 is 4.79 Å². The monoisotopic (exact) mass is 371 g/mol. The largest absolute Gasteiger partial charge is 0.343 e. The van der Waals surface area contributed by atoms with Gasteiger partial charge in [-0.25, -0.2) is 0 Å². The van der Waals surface area contributed by atoms with Crippen molar-refractivity contribution in [3.63, 3.8) is 0 Å². The van der Waals surface area contributed by atoms with Gasteiger partial charge in [-0.05, 0) is 57.2 Å². The molecule has 0 spiro atoms. The maximum absolute atomic E-state index is 12.6. The fraction of sp³-hybridized carbons (Fsp3) is 0.524. The second-order valence-corrected chi connectivity index (χ2v) is 8.58. The smallest absolute Gasteiger partial charge is 0.222 e. The molecule has 4 nitrogen and oxygen atoms in total. The number of amides is 1. The predicted octanol–water partition coefficient (Wildman–Crippen LogP) is 4.06. The van der Waals surface area contributed by atoms with Crippen LogP contribution in [0.5, 0.6) is 0 Å². The number of thioether (sulfide) groups is 1. The maximum Gasteiger partial charge on any atom is 0.222 e. The van der Waals surface area contributed by atoms with Gasteiger partial charge in [0.2, 0.25) is 5.91 Å². The lowest BCUT2D eigenvalue weighted by atomic mass is 10.1. The molecular weight excluding hydrogens is 342 g/mol. The lowest BCUT2D eigenvalue weighted by Crippen LogP contribution is -2.39. The van der Waals surface area contributed by atoms with Crippen LogP contribution in [0.2, 0.25) is 0 Å². The molecule has 2 aromatic rings. The van der Waals surface area contributed by atoms with E-state index in [9.17, 15) is 4.79 Å². The summed E-state index contributed by atoms with van der Waals surface area (Å²) in [6.45, 7) is 8.04. The lowest BCUT2D eigenvalue weighted by Gasteiger charge is -2.32. The number of hydrogen-bond acceptors (Lipinski definition) is 3. The Balaban J connectivity index is 1.48. The van der Waals surface area contributed by atoms with E-state index in [-0.39, 0.29) is 5.91 Å². The zero-order chi connectivity index (χ0) is 18.7. The maximum atomic E-state index is 12.6. The van der Waals surface area contributed by atoms with E-state index in [0.717, 1.165) is 38.0 Å². The highest BCUT2D eigenvalue weighted by Gasteiger charge is 2.24. The summed E-state index contributed by atoms with van der Waals surface area (Å²) in [7, 11) is 1.96. The third-order valence-electron chi connectivity index (χ3n) is 5.43. The second-order valence-electron chi connectivity index (χ2n) is 7.24. The van der Waals surface area contributed by atoms with Gasteiger partial charge in [0.25, 0.3) is 0 Å². The molecule has 0 atom stereocenters. The third kappa shape index (κ3) is 4.32. The van der Waals surface area contributed by atoms with E-state index in [1.54, 1.807) is 0 Å². The van der Waals surface area contributed by atoms with Crippen LogP contribution < -0.4 is 0 Å². The van der Waals surface area contributed by atoms with E-state index < -0.39 is 0 Å². The van der Waals surface area contributed by atoms with Crippen molar-refractivity contribution in [1.29, 1.82) is 0 Å². The fourth-order valence-corrected chi connectivity index (χ4v) is 4.88. The van der Waals surface area contributed by atoms with Crippen LogP contribution in [0, 0.1) is 20.8 Å². The van der Waals surface area contributed by atoms with Crippen molar-refractivity contribution in [1.82, 2.24) is 14.7 Å². The summed E-state index contributed by atoms with van der Waals surface area (Å²) in [6, 6.07) is 8.57. The molecule has 3 rings (SSSR count). The average Bonchev–Trinajstić information content (AvgIpc) is 2.87. The summed E-state index contributed by atoms with van der Waals surface area (Å²) in [4.78, 5) is 16.0. The Labute approximate surface area is 161 Å². The van der Waals surface area contributed by atoms with Crippen LogP contribution in [-0.2, 0) is 18.3 Å². The summed E-state index contributed by atoms with van der Waals surface area (Å²) in [5, 5.41) is 5.06. The molecule has 2 heterocycles. The number of carbonyl (C=O) groups is 1. The molecule has 1 amide bonds. The summed E-state index contributed by atoms with van der Waals surface area (Å²) in [6.07, 6.45) is 3.54. The van der Waals surface area contributed by atoms with Gasteiger partial charge in [-0.15, -0.1) is 11.8 Å². The lowest BCUT2D eigenvalue weighted by molar-refractivity contribution is -0.131. The molecule has 1 aromatic heterocycles. The summed E-state index contributed by atoms with van der Waals surface area (Å²) >= 11 is 1.97. The van der Waals surface area contributed by atoms with Crippen LogP contribution in [-0.4, -0.2) is 38.9 Å². The molecule has 0 saturated carbocycles. The first-order valence-corrected chi connectivity index (χ1v) is 10.3. The van der Waals surface area contributed by atoms with E-state index in [4.69, 9.17) is 0 Å². The number of nitrogens with zero attached hydrogens (tertiary/aromatic N) is 3. The molecule has 140 valence electrons. The highest BCUT2D eigenvalue weighted by molar-refractivity contribution is 8.00. The van der Waals surface area contributed by atoms with Crippen molar-refractivity contribution in [2.24, 2.45) is 7.05 Å². The number of piperidine rings is 1. The number of benzene rings is 1. The van der Waals surface area contributed by atoms with Crippen LogP contribution in [0.15, 0.2) is 29.2 Å². The zero-order valence-corrected chi connectivity index (χ0v) is 17.1. The second kappa shape index (κ2) is 8.30. The molecule has 1 fully saturated rings. The molecular formula is C21H29N3OS. The Bertz CT molecular complexity index is 776. The van der Waals surface area contributed by atoms with Crippen LogP contribution in [0.25, 0.3) is 0 Å². The van der Waals surface area contributed by atoms with Crippen LogP contribution in [0.3, 0.4) is 0 Å². The molecule has 26 heavy (non-hydrogen) atoms. The van der Waals surface area contributed by atoms with Crippen molar-refractivity contribution in [2.75, 3.05) is 13.1 Å². The molecule has 0 N–H and O–H groups in total. The first-order chi connectivity index (χ1) is 12.5. The Morgan fingerprint density at radius 2 is 1.88 bits per heavy atom. The number of rotatable bonds is 5. The normalized spacial score (nSPS) is 15.5. The van der Waals surface area contributed by atoms with Gasteiger partial charge in [0.1, 0.15) is 0 Å². The molecule has 1 aliphatic rings. The number of aryl methyl sites for hydroxylation is 3. The number of likely N-dealkylation sites (tertiary alicyclic amines) is 1. The third-order valence-corrected chi connectivity index (χ3v) is 6.95. The van der Waals surface area contributed by atoms with Crippen LogP contribution in [0.1, 0.15) is 41.8 Å². The van der Waals surface area contributed by atoms with Gasteiger partial charge in [0.15, 0.2) is 0 Å². The van der Waals surface area contributed by atoms with Gasteiger partial charge in [-0.3, -0.25) is 9.48 Å². The number of hydrogen-bond donors (Lipinski definition) is 0. The minimum Gasteiger partial charge on any atom is -0.343 e. The van der Waals surface area contributed by atoms with Crippen LogP contribution in [0.4, 0.5) is 0 Å². The summed E-state index contributed by atoms with van der Waals surface area (Å²) in [5.74, 6) is 0.284. The molecule has 1 saturated heterocycles. The van der Waals surface area contributed by atoms with Gasteiger partial charge < -0.3 is 4.90 Å². The van der Waals surface area contributed by atoms with E-state index >= 15 is 0 Å². The van der Waals surface area contributed by atoms with E-state index in [1.807, 2.05) is 30.4 Å². The Morgan fingerprint density at radius 1 is 1.19 bits per heavy atom. The molecule has 0 aliphatic carbocycles. The standard InChI is InChI=1S/C21H29N3OS/c1-15-7-5-6-8-20(15)26-18-11-13-24(14-12-18)21(25)10-9-19-16(2)22-23(4)17(19)3/h5-8,18H,9-14H2,1-4H3. The number of aromatic nitrogens is 2. The minimum atomic E-state index is 0.284. The van der Waals surface area contributed by atoms with E-state index in [1.165, 1.54) is 21.7 Å². The molecule has 5 heteroatoms. The van der Waals surface area contributed by atoms with Crippen molar-refractivity contribution >= 4 is 17.7 Å². The fourth-order valence-electron chi connectivity index (χ4n) is 3.66. The quantitative estimate of drug-likeness (QED) is 0.795. The Hall–Kier alpha value is -1.75. The van der Waals surface area contributed by atoms with Gasteiger partial charge in [0, 0.05) is 42.4 Å². The van der Waals surface area contributed by atoms with Gasteiger partial charge in [0.05, 0.1) is 5.69 Å². The van der Waals surface area contributed by atoms with Gasteiger partial charge in [-0.2, -0.15) is 5.10 Å². The molecule has 0 unspecified atom stereocenters. The highest BCUT2D eigenvalue weighted by Crippen LogP contribution is 2.32. The summed E-state index contributed by atoms with van der Waals surface area (Å²) < 4.78 is 1.91. The molecule has 1 aromatic carbocycles. The average molecular weight is 372 g/mol. The van der Waals surface area contributed by atoms with Crippen molar-refractivity contribution in [3.05, 3.63) is 46.8 Å². The number of carbonyl (C=O) groups excluding carboxylic acids is 1. The van der Waals surface area contributed by atoms with E-state index in [2.05, 4.69) is 48.1 Å². The Kier molecular flexibility index (Phi) is 6.07. The SMILES string of the molecule is Cc1ccccc1SC1CCN(C(=O)CCc2c(C)nn(C)c2C)CC1. The molecule has 1 aliphatic heterocycles. The first-order valence-electron chi connectivity index (χ1n) is 9.45. The van der Waals surface area contributed by atoms with Crippen molar-refractivity contribution in [3.8, 4) is 0 Å². The van der Waals surface area contributed by atoms with Gasteiger partial charge in [-0.1, -0.05) is 18.2 Å². The topological polar surface area (TPSA) is 38.1 Å². The molecule has 0 bridgehead atoms. The first kappa shape index (κ1) is 19.0. The predicted molar refractivity (Wildman–Crippen MR) is 108 cm³/mol. The van der Waals surface area contributed by atoms with Crippen LogP contribution >= 0.6 is 11.8 Å². The minimum absolute atomic E-state index is 0.284. The van der Waals surface area contributed by atoms with E-state index in [0.29, 0.717) is 11.7 Å². The van der Waals surface area contributed by atoms with Gasteiger partial charge >= 0.3 is 0 Å². The Morgan fingerprint density at radius 3 is 2.50 bits per heavy atom. The zero-order valence-electron chi connectivity index (χ0n) is 16.3. The summed E-state index contributed by atoms with van der Waals surface area (Å²) in [5.41, 5.74) is 4.79. The molecule has 0 radical (unpaired) electrons. The highest BCUT2D eigenvalue weighted by atomic mass is 32.2.